The molecule has 0 amide bonds. The highest BCUT2D eigenvalue weighted by Gasteiger charge is 2.16. The summed E-state index contributed by atoms with van der Waals surface area (Å²) in [4.78, 5) is 4.44. The molecule has 1 aliphatic rings. The van der Waals surface area contributed by atoms with Crippen LogP contribution < -0.4 is 10.1 Å². The number of aromatic nitrogens is 1. The van der Waals surface area contributed by atoms with Gasteiger partial charge in [-0.3, -0.25) is 4.98 Å². The molecule has 1 aliphatic carbocycles. The summed E-state index contributed by atoms with van der Waals surface area (Å²) in [6.07, 6.45) is 7.22. The normalized spacial score (nSPS) is 17.1. The highest BCUT2D eigenvalue weighted by atomic mass is 16.5. The van der Waals surface area contributed by atoms with Crippen LogP contribution in [-0.4, -0.2) is 16.6 Å². The largest absolute Gasteiger partial charge is 0.489 e. The van der Waals surface area contributed by atoms with Crippen LogP contribution in [0.25, 0.3) is 0 Å². The number of pyridine rings is 1. The molecule has 0 bridgehead atoms. The zero-order valence-electron chi connectivity index (χ0n) is 11.7. The lowest BCUT2D eigenvalue weighted by molar-refractivity contribution is 0.209. The molecule has 3 nitrogen and oxygen atoms in total. The maximum absolute atomic E-state index is 5.89. The fourth-order valence-corrected chi connectivity index (χ4v) is 2.14. The quantitative estimate of drug-likeness (QED) is 0.887. The molecule has 0 aliphatic heterocycles. The molecule has 1 aromatic heterocycles. The average Bonchev–Trinajstić information content (AvgIpc) is 2.80. The van der Waals surface area contributed by atoms with E-state index in [9.17, 15) is 0 Å². The minimum atomic E-state index is 0.126. The molecule has 1 fully saturated rings. The zero-order valence-corrected chi connectivity index (χ0v) is 11.7. The Morgan fingerprint density at radius 1 is 1.28 bits per heavy atom. The predicted octanol–water partition coefficient (Wildman–Crippen LogP) is 3.29. The lowest BCUT2D eigenvalue weighted by Crippen LogP contribution is -2.35. The minimum Gasteiger partial charge on any atom is -0.489 e. The Balaban J connectivity index is 1.85. The molecule has 0 unspecified atom stereocenters. The molecule has 2 rings (SSSR count). The van der Waals surface area contributed by atoms with Crippen molar-refractivity contribution in [3.8, 4) is 5.75 Å². The number of nitrogens with one attached hydrogen (secondary N) is 1. The molecular weight excluding hydrogens is 224 g/mol. The summed E-state index contributed by atoms with van der Waals surface area (Å²) >= 11 is 0. The van der Waals surface area contributed by atoms with Gasteiger partial charge in [0.15, 0.2) is 0 Å². The molecule has 0 atom stereocenters. The van der Waals surface area contributed by atoms with Crippen molar-refractivity contribution in [2.24, 2.45) is 0 Å². The second-order valence-electron chi connectivity index (χ2n) is 6.11. The topological polar surface area (TPSA) is 34.1 Å². The van der Waals surface area contributed by atoms with E-state index >= 15 is 0 Å². The van der Waals surface area contributed by atoms with Crippen molar-refractivity contribution in [2.75, 3.05) is 0 Å². The van der Waals surface area contributed by atoms with Crippen LogP contribution in [0.3, 0.4) is 0 Å². The summed E-state index contributed by atoms with van der Waals surface area (Å²) in [6.45, 7) is 7.27. The van der Waals surface area contributed by atoms with Gasteiger partial charge < -0.3 is 10.1 Å². The fraction of sp³-hybridized carbons (Fsp3) is 0.667. The molecule has 1 N–H and O–H groups in total. The van der Waals surface area contributed by atoms with E-state index in [2.05, 4.69) is 31.1 Å². The molecule has 1 saturated carbocycles. The molecule has 0 saturated heterocycles. The van der Waals surface area contributed by atoms with Crippen molar-refractivity contribution in [2.45, 2.75) is 64.6 Å². The number of hydrogen-bond acceptors (Lipinski definition) is 3. The van der Waals surface area contributed by atoms with Gasteiger partial charge in [-0.05, 0) is 58.6 Å². The fourth-order valence-electron chi connectivity index (χ4n) is 2.14. The maximum atomic E-state index is 5.89. The monoisotopic (exact) mass is 248 g/mol. The summed E-state index contributed by atoms with van der Waals surface area (Å²) < 4.78 is 5.89. The van der Waals surface area contributed by atoms with Crippen LogP contribution in [0.4, 0.5) is 0 Å². The molecule has 0 aromatic carbocycles. The zero-order chi connectivity index (χ0) is 13.0. The highest BCUT2D eigenvalue weighted by Crippen LogP contribution is 2.23. The lowest BCUT2D eigenvalue weighted by Gasteiger charge is -2.20. The third-order valence-electron chi connectivity index (χ3n) is 3.20. The number of hydrogen-bond donors (Lipinski definition) is 1. The summed E-state index contributed by atoms with van der Waals surface area (Å²) in [5.74, 6) is 0.904. The first-order valence-corrected chi connectivity index (χ1v) is 6.89. The van der Waals surface area contributed by atoms with E-state index in [1.807, 2.05) is 18.3 Å². The van der Waals surface area contributed by atoms with Crippen molar-refractivity contribution in [1.82, 2.24) is 10.3 Å². The molecule has 1 heterocycles. The SMILES string of the molecule is CC(C)(C)NCc1ccc(OC2CCCC2)cn1. The van der Waals surface area contributed by atoms with Gasteiger partial charge in [0.2, 0.25) is 0 Å². The number of ether oxygens (including phenoxy) is 1. The van der Waals surface area contributed by atoms with Crippen LogP contribution in [0.15, 0.2) is 18.3 Å². The van der Waals surface area contributed by atoms with Gasteiger partial charge in [0.25, 0.3) is 0 Å². The van der Waals surface area contributed by atoms with Gasteiger partial charge in [0.05, 0.1) is 18.0 Å². The van der Waals surface area contributed by atoms with E-state index in [0.717, 1.165) is 18.0 Å². The van der Waals surface area contributed by atoms with Crippen molar-refractivity contribution in [1.29, 1.82) is 0 Å². The Hall–Kier alpha value is -1.09. The molecule has 0 spiro atoms. The predicted molar refractivity (Wildman–Crippen MR) is 73.7 cm³/mol. The molecule has 100 valence electrons. The molecular formula is C15H24N2O. The smallest absolute Gasteiger partial charge is 0.138 e. The third kappa shape index (κ3) is 4.30. The number of nitrogens with zero attached hydrogens (tertiary/aromatic N) is 1. The first-order valence-electron chi connectivity index (χ1n) is 6.89. The molecule has 0 radical (unpaired) electrons. The van der Waals surface area contributed by atoms with E-state index in [4.69, 9.17) is 4.74 Å². The van der Waals surface area contributed by atoms with Gasteiger partial charge in [-0.25, -0.2) is 0 Å². The first kappa shape index (κ1) is 13.3. The minimum absolute atomic E-state index is 0.126. The third-order valence-corrected chi connectivity index (χ3v) is 3.20. The highest BCUT2D eigenvalue weighted by molar-refractivity contribution is 5.20. The summed E-state index contributed by atoms with van der Waals surface area (Å²) in [7, 11) is 0. The van der Waals surface area contributed by atoms with E-state index in [1.54, 1.807) is 0 Å². The molecule has 3 heteroatoms. The van der Waals surface area contributed by atoms with E-state index < -0.39 is 0 Å². The second kappa shape index (κ2) is 5.70. The van der Waals surface area contributed by atoms with E-state index in [1.165, 1.54) is 25.7 Å². The molecule has 18 heavy (non-hydrogen) atoms. The standard InChI is InChI=1S/C15H24N2O/c1-15(2,3)17-10-12-8-9-14(11-16-12)18-13-6-4-5-7-13/h8-9,11,13,17H,4-7,10H2,1-3H3. The van der Waals surface area contributed by atoms with Gasteiger partial charge >= 0.3 is 0 Å². The average molecular weight is 248 g/mol. The van der Waals surface area contributed by atoms with Gasteiger partial charge in [-0.1, -0.05) is 0 Å². The first-order chi connectivity index (χ1) is 8.53. The molecule has 1 aromatic rings. The van der Waals surface area contributed by atoms with Crippen LogP contribution in [0.2, 0.25) is 0 Å². The van der Waals surface area contributed by atoms with Gasteiger partial charge in [0.1, 0.15) is 5.75 Å². The van der Waals surface area contributed by atoms with Crippen LogP contribution >= 0.6 is 0 Å². The summed E-state index contributed by atoms with van der Waals surface area (Å²) in [6, 6.07) is 4.08. The lowest BCUT2D eigenvalue weighted by atomic mass is 10.1. The van der Waals surface area contributed by atoms with E-state index in [0.29, 0.717) is 6.10 Å². The Morgan fingerprint density at radius 3 is 2.56 bits per heavy atom. The Morgan fingerprint density at radius 2 is 2.00 bits per heavy atom. The maximum Gasteiger partial charge on any atom is 0.138 e. The van der Waals surface area contributed by atoms with Gasteiger partial charge in [-0.15, -0.1) is 0 Å². The van der Waals surface area contributed by atoms with E-state index in [-0.39, 0.29) is 5.54 Å². The summed E-state index contributed by atoms with van der Waals surface area (Å²) in [5.41, 5.74) is 1.18. The van der Waals surface area contributed by atoms with Crippen molar-refractivity contribution in [3.63, 3.8) is 0 Å². The van der Waals surface area contributed by atoms with Crippen LogP contribution in [0, 0.1) is 0 Å². The Kier molecular flexibility index (Phi) is 4.23. The second-order valence-corrected chi connectivity index (χ2v) is 6.11. The van der Waals surface area contributed by atoms with Gasteiger partial charge in [-0.2, -0.15) is 0 Å². The Bertz CT molecular complexity index is 361. The van der Waals surface area contributed by atoms with Crippen LogP contribution in [-0.2, 0) is 6.54 Å². The van der Waals surface area contributed by atoms with Crippen molar-refractivity contribution >= 4 is 0 Å². The van der Waals surface area contributed by atoms with Crippen molar-refractivity contribution < 1.29 is 4.74 Å². The summed E-state index contributed by atoms with van der Waals surface area (Å²) in [5, 5.41) is 3.43. The Labute approximate surface area is 110 Å². The van der Waals surface area contributed by atoms with Crippen molar-refractivity contribution in [3.05, 3.63) is 24.0 Å². The van der Waals surface area contributed by atoms with Gasteiger partial charge in [0, 0.05) is 12.1 Å². The number of rotatable bonds is 4. The van der Waals surface area contributed by atoms with Crippen LogP contribution in [0.5, 0.6) is 5.75 Å². The van der Waals surface area contributed by atoms with Crippen LogP contribution in [0.1, 0.15) is 52.1 Å².